The van der Waals surface area contributed by atoms with Crippen molar-refractivity contribution >= 4 is 6.08 Å². The Bertz CT molecular complexity index is 491. The Balaban J connectivity index is 1.95. The Kier molecular flexibility index (Phi) is 3.67. The second-order valence-electron chi connectivity index (χ2n) is 3.79. The number of pyridine rings is 1. The van der Waals surface area contributed by atoms with Gasteiger partial charge in [0.05, 0.1) is 11.8 Å². The summed E-state index contributed by atoms with van der Waals surface area (Å²) in [6.45, 7) is 1.81. The molecular weight excluding hydrogens is 216 g/mol. The van der Waals surface area contributed by atoms with E-state index in [0.717, 1.165) is 16.8 Å². The van der Waals surface area contributed by atoms with Crippen molar-refractivity contribution < 1.29 is 9.63 Å². The molecule has 0 spiro atoms. The largest absolute Gasteiger partial charge is 0.388 e. The first kappa shape index (κ1) is 11.5. The van der Waals surface area contributed by atoms with Crippen LogP contribution >= 0.6 is 0 Å². The summed E-state index contributed by atoms with van der Waals surface area (Å²) in [6, 6.07) is 3.82. The van der Waals surface area contributed by atoms with Crippen LogP contribution in [-0.2, 0) is 0 Å². The summed E-state index contributed by atoms with van der Waals surface area (Å²) < 4.78 is 4.79. The fourth-order valence-electron chi connectivity index (χ4n) is 1.55. The number of hydrogen-bond donors (Lipinski definition) is 1. The summed E-state index contributed by atoms with van der Waals surface area (Å²) in [5.74, 6) is 0. The summed E-state index contributed by atoms with van der Waals surface area (Å²) in [5, 5.41) is 13.6. The molecule has 0 aliphatic carbocycles. The van der Waals surface area contributed by atoms with E-state index < -0.39 is 6.10 Å². The first-order valence-corrected chi connectivity index (χ1v) is 5.43. The molecule has 2 aromatic rings. The van der Waals surface area contributed by atoms with Crippen molar-refractivity contribution in [3.8, 4) is 0 Å². The molecule has 0 aromatic carbocycles. The molecule has 0 fully saturated rings. The quantitative estimate of drug-likeness (QED) is 0.876. The highest BCUT2D eigenvalue weighted by atomic mass is 16.5. The number of aliphatic hydroxyl groups is 1. The van der Waals surface area contributed by atoms with Crippen molar-refractivity contribution in [2.24, 2.45) is 0 Å². The Morgan fingerprint density at radius 1 is 1.41 bits per heavy atom. The molecule has 2 heterocycles. The van der Waals surface area contributed by atoms with E-state index in [9.17, 15) is 5.11 Å². The molecule has 0 aliphatic heterocycles. The smallest absolute Gasteiger partial charge is 0.129 e. The second-order valence-corrected chi connectivity index (χ2v) is 3.79. The highest BCUT2D eigenvalue weighted by molar-refractivity contribution is 5.47. The molecule has 2 rings (SSSR count). The highest BCUT2D eigenvalue weighted by Gasteiger charge is 2.11. The molecule has 4 nitrogen and oxygen atoms in total. The molecule has 1 atom stereocenters. The van der Waals surface area contributed by atoms with E-state index in [1.165, 1.54) is 6.26 Å². The van der Waals surface area contributed by atoms with E-state index in [0.29, 0.717) is 6.42 Å². The lowest BCUT2D eigenvalue weighted by Crippen LogP contribution is -1.95. The molecular formula is C13H14N2O2. The third kappa shape index (κ3) is 3.01. The van der Waals surface area contributed by atoms with Crippen molar-refractivity contribution in [2.75, 3.05) is 0 Å². The van der Waals surface area contributed by atoms with Crippen LogP contribution in [0.4, 0.5) is 0 Å². The van der Waals surface area contributed by atoms with Crippen molar-refractivity contribution in [3.63, 3.8) is 0 Å². The van der Waals surface area contributed by atoms with E-state index in [1.54, 1.807) is 12.4 Å². The lowest BCUT2D eigenvalue weighted by molar-refractivity contribution is 0.180. The summed E-state index contributed by atoms with van der Waals surface area (Å²) in [7, 11) is 0. The Labute approximate surface area is 99.6 Å². The van der Waals surface area contributed by atoms with Crippen molar-refractivity contribution in [1.82, 2.24) is 10.1 Å². The van der Waals surface area contributed by atoms with Gasteiger partial charge in [-0.3, -0.25) is 4.98 Å². The van der Waals surface area contributed by atoms with Gasteiger partial charge in [0.1, 0.15) is 6.26 Å². The van der Waals surface area contributed by atoms with Gasteiger partial charge < -0.3 is 9.63 Å². The maximum absolute atomic E-state index is 9.90. The maximum atomic E-state index is 9.90. The monoisotopic (exact) mass is 230 g/mol. The first-order chi connectivity index (χ1) is 8.27. The van der Waals surface area contributed by atoms with Crippen LogP contribution in [-0.4, -0.2) is 15.2 Å². The first-order valence-electron chi connectivity index (χ1n) is 5.43. The van der Waals surface area contributed by atoms with Crippen molar-refractivity contribution in [3.05, 3.63) is 53.7 Å². The molecule has 17 heavy (non-hydrogen) atoms. The standard InChI is InChI=1S/C13H14N2O2/c1-10-12(9-17-15-10)13(16)4-2-3-11-5-7-14-8-6-11/h2-3,5-9,13,16H,4H2,1H3/b3-2+. The molecule has 0 radical (unpaired) electrons. The number of hydrogen-bond acceptors (Lipinski definition) is 4. The Morgan fingerprint density at radius 2 is 2.18 bits per heavy atom. The van der Waals surface area contributed by atoms with Gasteiger partial charge in [0.15, 0.2) is 0 Å². The zero-order valence-corrected chi connectivity index (χ0v) is 9.58. The molecule has 0 amide bonds. The van der Waals surface area contributed by atoms with Gasteiger partial charge in [0.2, 0.25) is 0 Å². The second kappa shape index (κ2) is 5.41. The molecule has 1 N–H and O–H groups in total. The van der Waals surface area contributed by atoms with Crippen LogP contribution in [0.25, 0.3) is 6.08 Å². The van der Waals surface area contributed by atoms with E-state index in [1.807, 2.05) is 31.2 Å². The number of aliphatic hydroxyl groups excluding tert-OH is 1. The molecule has 0 aliphatic rings. The van der Waals surface area contributed by atoms with Crippen LogP contribution in [0.15, 0.2) is 41.4 Å². The predicted molar refractivity (Wildman–Crippen MR) is 64.1 cm³/mol. The van der Waals surface area contributed by atoms with Crippen LogP contribution in [0.5, 0.6) is 0 Å². The van der Waals surface area contributed by atoms with Gasteiger partial charge in [0.25, 0.3) is 0 Å². The summed E-state index contributed by atoms with van der Waals surface area (Å²) in [5.41, 5.74) is 2.54. The molecule has 88 valence electrons. The number of nitrogens with zero attached hydrogens (tertiary/aromatic N) is 2. The molecule has 0 bridgehead atoms. The van der Waals surface area contributed by atoms with Crippen LogP contribution in [0.2, 0.25) is 0 Å². The number of aryl methyl sites for hydroxylation is 1. The Morgan fingerprint density at radius 3 is 2.82 bits per heavy atom. The van der Waals surface area contributed by atoms with Gasteiger partial charge in [-0.25, -0.2) is 0 Å². The average molecular weight is 230 g/mol. The van der Waals surface area contributed by atoms with E-state index in [4.69, 9.17) is 4.52 Å². The summed E-state index contributed by atoms with van der Waals surface area (Å²) in [6.07, 6.45) is 8.80. The molecule has 0 saturated carbocycles. The zero-order valence-electron chi connectivity index (χ0n) is 9.58. The lowest BCUT2D eigenvalue weighted by Gasteiger charge is -2.04. The highest BCUT2D eigenvalue weighted by Crippen LogP contribution is 2.20. The minimum atomic E-state index is -0.570. The van der Waals surface area contributed by atoms with Crippen molar-refractivity contribution in [1.29, 1.82) is 0 Å². The van der Waals surface area contributed by atoms with E-state index >= 15 is 0 Å². The number of rotatable bonds is 4. The molecule has 2 aromatic heterocycles. The topological polar surface area (TPSA) is 59.2 Å². The third-order valence-electron chi connectivity index (χ3n) is 2.52. The van der Waals surface area contributed by atoms with Crippen molar-refractivity contribution in [2.45, 2.75) is 19.4 Å². The van der Waals surface area contributed by atoms with Crippen LogP contribution in [0.3, 0.4) is 0 Å². The summed E-state index contributed by atoms with van der Waals surface area (Å²) >= 11 is 0. The Hall–Kier alpha value is -1.94. The molecule has 1 unspecified atom stereocenters. The van der Waals surface area contributed by atoms with Crippen LogP contribution < -0.4 is 0 Å². The van der Waals surface area contributed by atoms with Crippen LogP contribution in [0, 0.1) is 6.92 Å². The zero-order chi connectivity index (χ0) is 12.1. The van der Waals surface area contributed by atoms with Gasteiger partial charge in [-0.05, 0) is 31.0 Å². The average Bonchev–Trinajstić information content (AvgIpc) is 2.77. The van der Waals surface area contributed by atoms with Gasteiger partial charge in [-0.15, -0.1) is 0 Å². The molecule has 0 saturated heterocycles. The normalized spacial score (nSPS) is 13.1. The SMILES string of the molecule is Cc1nocc1C(O)C/C=C/c1ccncc1. The minimum absolute atomic E-state index is 0.532. The number of aromatic nitrogens is 2. The fraction of sp³-hybridized carbons (Fsp3) is 0.231. The maximum Gasteiger partial charge on any atom is 0.129 e. The van der Waals surface area contributed by atoms with Gasteiger partial charge in [-0.2, -0.15) is 0 Å². The molecule has 4 heteroatoms. The van der Waals surface area contributed by atoms with Gasteiger partial charge in [-0.1, -0.05) is 17.3 Å². The van der Waals surface area contributed by atoms with E-state index in [2.05, 4.69) is 10.1 Å². The minimum Gasteiger partial charge on any atom is -0.388 e. The summed E-state index contributed by atoms with van der Waals surface area (Å²) in [4.78, 5) is 3.94. The van der Waals surface area contributed by atoms with Crippen LogP contribution in [0.1, 0.15) is 29.3 Å². The van der Waals surface area contributed by atoms with Gasteiger partial charge in [0, 0.05) is 18.0 Å². The lowest BCUT2D eigenvalue weighted by atomic mass is 10.1. The van der Waals surface area contributed by atoms with Gasteiger partial charge >= 0.3 is 0 Å². The fourth-order valence-corrected chi connectivity index (χ4v) is 1.55. The van der Waals surface area contributed by atoms with E-state index in [-0.39, 0.29) is 0 Å². The third-order valence-corrected chi connectivity index (χ3v) is 2.52. The predicted octanol–water partition coefficient (Wildman–Crippen LogP) is 2.51.